The van der Waals surface area contributed by atoms with E-state index in [9.17, 15) is 0 Å². The van der Waals surface area contributed by atoms with E-state index in [1.165, 1.54) is 83.0 Å². The number of rotatable bonds is 8. The Balaban J connectivity index is 0.936. The van der Waals surface area contributed by atoms with Gasteiger partial charge in [0.05, 0.1) is 16.7 Å². The molecule has 1 aromatic heterocycles. The van der Waals surface area contributed by atoms with Crippen LogP contribution in [-0.2, 0) is 5.41 Å². The van der Waals surface area contributed by atoms with E-state index in [2.05, 4.69) is 266 Å². The molecule has 1 heterocycles. The van der Waals surface area contributed by atoms with Crippen LogP contribution in [0.1, 0.15) is 25.0 Å². The molecule has 0 aliphatic heterocycles. The number of aromatic nitrogens is 1. The van der Waals surface area contributed by atoms with Gasteiger partial charge in [-0.1, -0.05) is 190 Å². The van der Waals surface area contributed by atoms with Crippen molar-refractivity contribution in [3.05, 3.63) is 254 Å². The molecule has 65 heavy (non-hydrogen) atoms. The molecule has 0 amide bonds. The predicted octanol–water partition coefficient (Wildman–Crippen LogP) is 17.2. The van der Waals surface area contributed by atoms with Crippen LogP contribution in [0.4, 0.5) is 17.1 Å². The highest BCUT2D eigenvalue weighted by Crippen LogP contribution is 2.52. The molecular weight excluding hydrogens is 785 g/mol. The van der Waals surface area contributed by atoms with Crippen molar-refractivity contribution in [1.29, 1.82) is 0 Å². The summed E-state index contributed by atoms with van der Waals surface area (Å²) >= 11 is 0. The third kappa shape index (κ3) is 6.57. The molecule has 1 aliphatic carbocycles. The molecule has 0 radical (unpaired) electrons. The highest BCUT2D eigenvalue weighted by atomic mass is 15.1. The van der Waals surface area contributed by atoms with Crippen molar-refractivity contribution in [3.8, 4) is 61.3 Å². The smallest absolute Gasteiger partial charge is 0.0547 e. The van der Waals surface area contributed by atoms with Crippen molar-refractivity contribution in [3.63, 3.8) is 0 Å². The fourth-order valence-electron chi connectivity index (χ4n) is 10.3. The fourth-order valence-corrected chi connectivity index (χ4v) is 10.3. The van der Waals surface area contributed by atoms with Gasteiger partial charge in [0, 0.05) is 38.8 Å². The molecule has 0 saturated carbocycles. The Hall–Kier alpha value is -8.20. The van der Waals surface area contributed by atoms with Crippen LogP contribution >= 0.6 is 0 Å². The van der Waals surface area contributed by atoms with Crippen molar-refractivity contribution < 1.29 is 0 Å². The molecule has 0 fully saturated rings. The summed E-state index contributed by atoms with van der Waals surface area (Å²) < 4.78 is 2.46. The molecule has 12 rings (SSSR count). The summed E-state index contributed by atoms with van der Waals surface area (Å²) in [5, 5.41) is 2.48. The highest BCUT2D eigenvalue weighted by molar-refractivity contribution is 6.11. The number of fused-ring (bicyclic) bond motifs is 6. The quantitative estimate of drug-likeness (QED) is 0.148. The van der Waals surface area contributed by atoms with E-state index < -0.39 is 0 Å². The number of hydrogen-bond acceptors (Lipinski definition) is 1. The standard InChI is InChI=1S/C63H46N2/c1-63(2)58-40-48(44-19-8-4-9-20-44)31-36-54(58)55-38-35-52(42-59(55)63)64(50-23-10-5-11-24-50)51-33-29-45(30-34-51)53-25-12-14-27-60(53)65-61-28-15-13-26-56(61)57-37-32-49(41-62(57)65)47-22-16-21-46(39-47)43-17-6-3-7-18-43/h3-42H,1-2H3. The van der Waals surface area contributed by atoms with E-state index in [1.807, 2.05) is 0 Å². The van der Waals surface area contributed by atoms with Gasteiger partial charge in [-0.15, -0.1) is 0 Å². The van der Waals surface area contributed by atoms with Gasteiger partial charge in [-0.3, -0.25) is 0 Å². The maximum atomic E-state index is 2.46. The van der Waals surface area contributed by atoms with E-state index in [4.69, 9.17) is 0 Å². The molecule has 0 unspecified atom stereocenters. The minimum atomic E-state index is -0.166. The normalized spacial score (nSPS) is 12.6. The summed E-state index contributed by atoms with van der Waals surface area (Å²) in [6, 6.07) is 88.8. The Labute approximate surface area is 381 Å². The van der Waals surface area contributed by atoms with Crippen molar-refractivity contribution in [2.45, 2.75) is 19.3 Å². The van der Waals surface area contributed by atoms with Crippen LogP contribution in [0.15, 0.2) is 243 Å². The van der Waals surface area contributed by atoms with Gasteiger partial charge in [0.25, 0.3) is 0 Å². The highest BCUT2D eigenvalue weighted by Gasteiger charge is 2.36. The maximum Gasteiger partial charge on any atom is 0.0547 e. The minimum Gasteiger partial charge on any atom is -0.310 e. The Bertz CT molecular complexity index is 3550. The van der Waals surface area contributed by atoms with Gasteiger partial charge >= 0.3 is 0 Å². The second-order valence-corrected chi connectivity index (χ2v) is 17.7. The predicted molar refractivity (Wildman–Crippen MR) is 275 cm³/mol. The van der Waals surface area contributed by atoms with Crippen LogP contribution in [0.25, 0.3) is 83.1 Å². The average molecular weight is 831 g/mol. The topological polar surface area (TPSA) is 8.17 Å². The molecule has 0 spiro atoms. The summed E-state index contributed by atoms with van der Waals surface area (Å²) in [6.07, 6.45) is 0. The van der Waals surface area contributed by atoms with Crippen LogP contribution in [0.3, 0.4) is 0 Å². The van der Waals surface area contributed by atoms with E-state index in [1.54, 1.807) is 0 Å². The number of anilines is 3. The number of benzene rings is 10. The lowest BCUT2D eigenvalue weighted by molar-refractivity contribution is 0.660. The van der Waals surface area contributed by atoms with Gasteiger partial charge in [0.2, 0.25) is 0 Å². The van der Waals surface area contributed by atoms with Gasteiger partial charge in [0.1, 0.15) is 0 Å². The number of para-hydroxylation sites is 3. The second kappa shape index (κ2) is 15.6. The van der Waals surface area contributed by atoms with Crippen molar-refractivity contribution in [2.24, 2.45) is 0 Å². The molecule has 2 nitrogen and oxygen atoms in total. The van der Waals surface area contributed by atoms with Gasteiger partial charge in [0.15, 0.2) is 0 Å². The van der Waals surface area contributed by atoms with Gasteiger partial charge in [-0.25, -0.2) is 0 Å². The molecule has 0 bridgehead atoms. The fraction of sp³-hybridized carbons (Fsp3) is 0.0476. The molecule has 0 atom stereocenters. The first kappa shape index (κ1) is 38.5. The third-order valence-corrected chi connectivity index (χ3v) is 13.6. The zero-order valence-corrected chi connectivity index (χ0v) is 36.5. The molecule has 1 aliphatic rings. The monoisotopic (exact) mass is 830 g/mol. The summed E-state index contributed by atoms with van der Waals surface area (Å²) in [7, 11) is 0. The molecule has 308 valence electrons. The summed E-state index contributed by atoms with van der Waals surface area (Å²) in [6.45, 7) is 4.74. The van der Waals surface area contributed by atoms with Crippen LogP contribution in [0, 0.1) is 0 Å². The Morgan fingerprint density at radius 1 is 0.308 bits per heavy atom. The number of hydrogen-bond donors (Lipinski definition) is 0. The SMILES string of the molecule is CC1(C)c2cc(-c3ccccc3)ccc2-c2ccc(N(c3ccccc3)c3ccc(-c4ccccc4-n4c5ccccc5c5ccc(-c6cccc(-c7ccccc7)c6)cc54)cc3)cc21. The van der Waals surface area contributed by atoms with E-state index >= 15 is 0 Å². The zero-order valence-electron chi connectivity index (χ0n) is 36.5. The van der Waals surface area contributed by atoms with Crippen molar-refractivity contribution >= 4 is 38.9 Å². The average Bonchev–Trinajstić information content (AvgIpc) is 3.82. The van der Waals surface area contributed by atoms with Gasteiger partial charge in [-0.05, 0) is 128 Å². The molecule has 2 heteroatoms. The van der Waals surface area contributed by atoms with E-state index in [0.29, 0.717) is 0 Å². The zero-order chi connectivity index (χ0) is 43.5. The summed E-state index contributed by atoms with van der Waals surface area (Å²) in [4.78, 5) is 2.39. The summed E-state index contributed by atoms with van der Waals surface area (Å²) in [5.74, 6) is 0. The lowest BCUT2D eigenvalue weighted by Crippen LogP contribution is -2.16. The van der Waals surface area contributed by atoms with Gasteiger partial charge < -0.3 is 9.47 Å². The molecule has 0 saturated heterocycles. The lowest BCUT2D eigenvalue weighted by Gasteiger charge is -2.28. The Morgan fingerprint density at radius 2 is 0.800 bits per heavy atom. The third-order valence-electron chi connectivity index (χ3n) is 13.6. The largest absolute Gasteiger partial charge is 0.310 e. The van der Waals surface area contributed by atoms with Crippen molar-refractivity contribution in [1.82, 2.24) is 4.57 Å². The minimum absolute atomic E-state index is 0.166. The second-order valence-electron chi connectivity index (χ2n) is 17.7. The molecular formula is C63H46N2. The Kier molecular flexibility index (Phi) is 9.21. The van der Waals surface area contributed by atoms with Crippen LogP contribution < -0.4 is 4.90 Å². The van der Waals surface area contributed by atoms with Crippen LogP contribution in [0.2, 0.25) is 0 Å². The first-order chi connectivity index (χ1) is 32.0. The number of nitrogens with zero attached hydrogens (tertiary/aromatic N) is 2. The lowest BCUT2D eigenvalue weighted by atomic mass is 9.81. The summed E-state index contributed by atoms with van der Waals surface area (Å²) in [5.41, 5.74) is 21.7. The molecule has 0 N–H and O–H groups in total. The van der Waals surface area contributed by atoms with E-state index in [-0.39, 0.29) is 5.41 Å². The first-order valence-corrected chi connectivity index (χ1v) is 22.6. The van der Waals surface area contributed by atoms with Gasteiger partial charge in [-0.2, -0.15) is 0 Å². The molecule has 11 aromatic rings. The Morgan fingerprint density at radius 3 is 1.54 bits per heavy atom. The maximum absolute atomic E-state index is 2.46. The first-order valence-electron chi connectivity index (χ1n) is 22.6. The van der Waals surface area contributed by atoms with E-state index in [0.717, 1.165) is 28.3 Å². The van der Waals surface area contributed by atoms with Crippen LogP contribution in [-0.4, -0.2) is 4.57 Å². The molecule has 10 aromatic carbocycles. The van der Waals surface area contributed by atoms with Crippen LogP contribution in [0.5, 0.6) is 0 Å². The van der Waals surface area contributed by atoms with Crippen molar-refractivity contribution in [2.75, 3.05) is 4.90 Å².